The molecule has 32 heavy (non-hydrogen) atoms. The number of rotatable bonds is 7. The summed E-state index contributed by atoms with van der Waals surface area (Å²) in [5.74, 6) is 0.415. The first-order valence-corrected chi connectivity index (χ1v) is 10.9. The van der Waals surface area contributed by atoms with Crippen molar-refractivity contribution in [1.82, 2.24) is 9.97 Å². The zero-order valence-electron chi connectivity index (χ0n) is 16.9. The third-order valence-electron chi connectivity index (χ3n) is 4.42. The molecule has 0 aliphatic carbocycles. The van der Waals surface area contributed by atoms with Crippen LogP contribution < -0.4 is 14.2 Å². The second-order valence-electron chi connectivity index (χ2n) is 6.64. The number of aromatic amines is 1. The van der Waals surface area contributed by atoms with Gasteiger partial charge in [-0.3, -0.25) is 5.32 Å². The van der Waals surface area contributed by atoms with Crippen LogP contribution in [0.5, 0.6) is 11.5 Å². The van der Waals surface area contributed by atoms with Crippen LogP contribution in [-0.4, -0.2) is 31.6 Å². The number of benzene rings is 3. The number of fused-ring (bicyclic) bond motifs is 1. The number of carbonyl (C=O) groups excluding carboxylic acids is 1. The number of aromatic nitrogens is 2. The first-order chi connectivity index (χ1) is 15.4. The van der Waals surface area contributed by atoms with Gasteiger partial charge in [-0.2, -0.15) is 8.42 Å². The van der Waals surface area contributed by atoms with Crippen molar-refractivity contribution in [2.45, 2.75) is 11.5 Å². The van der Waals surface area contributed by atoms with Gasteiger partial charge in [0.2, 0.25) is 5.95 Å². The molecular weight excluding hydrogens is 434 g/mol. The summed E-state index contributed by atoms with van der Waals surface area (Å²) in [7, 11) is -2.95. The number of H-pyrrole nitrogens is 1. The summed E-state index contributed by atoms with van der Waals surface area (Å²) >= 11 is 0. The zero-order chi connectivity index (χ0) is 22.6. The number of ether oxygens (including phenoxy) is 2. The van der Waals surface area contributed by atoms with Gasteiger partial charge < -0.3 is 18.6 Å². The van der Waals surface area contributed by atoms with Crippen molar-refractivity contribution in [2.75, 3.05) is 12.4 Å². The van der Waals surface area contributed by atoms with Crippen LogP contribution in [-0.2, 0) is 21.5 Å². The molecule has 3 aromatic carbocycles. The lowest BCUT2D eigenvalue weighted by molar-refractivity contribution is 0.186. The molecule has 0 aliphatic heterocycles. The van der Waals surface area contributed by atoms with E-state index in [4.69, 9.17) is 8.92 Å². The van der Waals surface area contributed by atoms with E-state index in [-0.39, 0.29) is 28.9 Å². The summed E-state index contributed by atoms with van der Waals surface area (Å²) in [4.78, 5) is 18.3. The van der Waals surface area contributed by atoms with Crippen LogP contribution in [0.15, 0.2) is 77.7 Å². The summed E-state index contributed by atoms with van der Waals surface area (Å²) in [6, 6.07) is 20.2. The normalized spacial score (nSPS) is 11.2. The fraction of sp³-hybridized carbons (Fsp3) is 0.0909. The third kappa shape index (κ3) is 4.81. The topological polar surface area (TPSA) is 120 Å². The van der Waals surface area contributed by atoms with Gasteiger partial charge in [-0.1, -0.05) is 42.5 Å². The summed E-state index contributed by atoms with van der Waals surface area (Å²) in [6.07, 6.45) is -0.685. The van der Waals surface area contributed by atoms with Crippen LogP contribution in [0.2, 0.25) is 0 Å². The number of nitrogens with zero attached hydrogens (tertiary/aromatic N) is 1. The standard InChI is InChI=1S/C22H19N3O6S/c1-29-22(26)25-21-23-17-12-11-16(13-18(17)24-21)31-32(27,28)20-10-6-5-9-19(20)30-14-15-7-3-2-4-8-15/h2-13H,14H2,1H3,(H2,23,24,25,26). The Bertz CT molecular complexity index is 1350. The molecule has 0 spiro atoms. The second kappa shape index (κ2) is 8.98. The summed E-state index contributed by atoms with van der Waals surface area (Å²) in [5, 5.41) is 2.41. The molecule has 0 saturated carbocycles. The molecule has 0 atom stereocenters. The molecule has 1 heterocycles. The number of anilines is 1. The molecule has 164 valence electrons. The van der Waals surface area contributed by atoms with Crippen molar-refractivity contribution in [3.63, 3.8) is 0 Å². The van der Waals surface area contributed by atoms with Crippen LogP contribution in [0.25, 0.3) is 11.0 Å². The predicted octanol–water partition coefficient (Wildman–Crippen LogP) is 4.09. The van der Waals surface area contributed by atoms with E-state index in [1.165, 1.54) is 25.3 Å². The Balaban J connectivity index is 1.55. The molecule has 0 fully saturated rings. The lowest BCUT2D eigenvalue weighted by atomic mass is 10.2. The van der Waals surface area contributed by atoms with Crippen molar-refractivity contribution in [1.29, 1.82) is 0 Å². The summed E-state index contributed by atoms with van der Waals surface area (Å²) in [5.41, 5.74) is 1.88. The molecule has 4 aromatic rings. The molecule has 0 bridgehead atoms. The predicted molar refractivity (Wildman–Crippen MR) is 117 cm³/mol. The van der Waals surface area contributed by atoms with Gasteiger partial charge in [0.05, 0.1) is 18.1 Å². The Kier molecular flexibility index (Phi) is 5.95. The highest BCUT2D eigenvalue weighted by atomic mass is 32.2. The highest BCUT2D eigenvalue weighted by Gasteiger charge is 2.22. The molecule has 4 rings (SSSR count). The van der Waals surface area contributed by atoms with Crippen molar-refractivity contribution in [2.24, 2.45) is 0 Å². The van der Waals surface area contributed by atoms with Gasteiger partial charge >= 0.3 is 16.2 Å². The van der Waals surface area contributed by atoms with E-state index in [0.29, 0.717) is 11.0 Å². The highest BCUT2D eigenvalue weighted by molar-refractivity contribution is 7.87. The minimum absolute atomic E-state index is 0.0728. The van der Waals surface area contributed by atoms with Gasteiger partial charge in [-0.25, -0.2) is 9.78 Å². The second-order valence-corrected chi connectivity index (χ2v) is 8.15. The van der Waals surface area contributed by atoms with E-state index in [9.17, 15) is 13.2 Å². The van der Waals surface area contributed by atoms with Crippen molar-refractivity contribution < 1.29 is 26.9 Å². The van der Waals surface area contributed by atoms with Gasteiger partial charge in [-0.15, -0.1) is 0 Å². The summed E-state index contributed by atoms with van der Waals surface area (Å²) < 4.78 is 41.5. The average molecular weight is 453 g/mol. The van der Waals surface area contributed by atoms with E-state index in [1.807, 2.05) is 30.3 Å². The monoisotopic (exact) mass is 453 g/mol. The fourth-order valence-electron chi connectivity index (χ4n) is 2.93. The van der Waals surface area contributed by atoms with Gasteiger partial charge in [0.25, 0.3) is 0 Å². The minimum atomic E-state index is -4.18. The summed E-state index contributed by atoms with van der Waals surface area (Å²) in [6.45, 7) is 0.212. The Hall–Kier alpha value is -4.05. The van der Waals surface area contributed by atoms with Crippen molar-refractivity contribution in [3.05, 3.63) is 78.4 Å². The van der Waals surface area contributed by atoms with Crippen LogP contribution in [0.4, 0.5) is 10.7 Å². The van der Waals surface area contributed by atoms with Gasteiger partial charge in [-0.05, 0) is 29.8 Å². The van der Waals surface area contributed by atoms with Gasteiger partial charge in [0, 0.05) is 6.07 Å². The van der Waals surface area contributed by atoms with E-state index in [0.717, 1.165) is 5.56 Å². The van der Waals surface area contributed by atoms with E-state index < -0.39 is 16.2 Å². The Morgan fingerprint density at radius 2 is 1.78 bits per heavy atom. The molecule has 10 heteroatoms. The fourth-order valence-corrected chi connectivity index (χ4v) is 4.00. The third-order valence-corrected chi connectivity index (χ3v) is 5.71. The maximum absolute atomic E-state index is 13.0. The van der Waals surface area contributed by atoms with Gasteiger partial charge in [0.1, 0.15) is 23.0 Å². The maximum atomic E-state index is 13.0. The number of imidazole rings is 1. The number of hydrogen-bond acceptors (Lipinski definition) is 7. The molecule has 2 N–H and O–H groups in total. The van der Waals surface area contributed by atoms with E-state index in [1.54, 1.807) is 24.3 Å². The largest absolute Gasteiger partial charge is 0.487 e. The van der Waals surface area contributed by atoms with Crippen LogP contribution in [0.1, 0.15) is 5.56 Å². The highest BCUT2D eigenvalue weighted by Crippen LogP contribution is 2.29. The Labute approximate surface area is 184 Å². The number of para-hydroxylation sites is 1. The molecule has 0 aliphatic rings. The smallest absolute Gasteiger partial charge is 0.413 e. The van der Waals surface area contributed by atoms with Crippen molar-refractivity contribution in [3.8, 4) is 11.5 Å². The molecule has 0 radical (unpaired) electrons. The minimum Gasteiger partial charge on any atom is -0.487 e. The SMILES string of the molecule is COC(=O)Nc1nc2ccc(OS(=O)(=O)c3ccccc3OCc3ccccc3)cc2[nH]1. The lowest BCUT2D eigenvalue weighted by Crippen LogP contribution is -2.12. The number of nitrogens with one attached hydrogen (secondary N) is 2. The number of methoxy groups -OCH3 is 1. The number of amides is 1. The van der Waals surface area contributed by atoms with Gasteiger partial charge in [0.15, 0.2) is 0 Å². The van der Waals surface area contributed by atoms with Crippen LogP contribution >= 0.6 is 0 Å². The quantitative estimate of drug-likeness (QED) is 0.405. The number of hydrogen-bond donors (Lipinski definition) is 2. The molecule has 1 aromatic heterocycles. The Morgan fingerprint density at radius 3 is 2.56 bits per heavy atom. The Morgan fingerprint density at radius 1 is 1.03 bits per heavy atom. The number of carbonyl (C=O) groups is 1. The van der Waals surface area contributed by atoms with E-state index in [2.05, 4.69) is 20.0 Å². The molecule has 1 amide bonds. The molecular formula is C22H19N3O6S. The maximum Gasteiger partial charge on any atom is 0.413 e. The first-order valence-electron chi connectivity index (χ1n) is 9.49. The zero-order valence-corrected chi connectivity index (χ0v) is 17.8. The first kappa shape index (κ1) is 21.2. The average Bonchev–Trinajstić information content (AvgIpc) is 3.19. The molecule has 0 unspecified atom stereocenters. The van der Waals surface area contributed by atoms with Crippen LogP contribution in [0.3, 0.4) is 0 Å². The van der Waals surface area contributed by atoms with Crippen LogP contribution in [0, 0.1) is 0 Å². The molecule has 0 saturated heterocycles. The van der Waals surface area contributed by atoms with E-state index >= 15 is 0 Å². The van der Waals surface area contributed by atoms with Crippen molar-refractivity contribution >= 4 is 33.2 Å². The lowest BCUT2D eigenvalue weighted by Gasteiger charge is -2.12. The molecule has 9 nitrogen and oxygen atoms in total.